The second-order valence-electron chi connectivity index (χ2n) is 7.62. The number of methoxy groups -OCH3 is 1. The lowest BCUT2D eigenvalue weighted by Gasteiger charge is -2.34. The standard InChI is InChI=1S/C24H33FN4O3/c1-3-26-24(27-11-10-18-4-9-22(30)23(16-18)31-2)28-17-21(29-12-14-32-15-13-29)19-5-7-20(25)8-6-19/h4-9,16,21,30H,3,10-15,17H2,1-2H3,(H2,26,27,28). The molecule has 0 aromatic heterocycles. The Bertz CT molecular complexity index is 870. The molecule has 0 amide bonds. The maximum atomic E-state index is 13.5. The molecule has 2 aromatic rings. The molecule has 8 heteroatoms. The molecular weight excluding hydrogens is 411 g/mol. The first-order chi connectivity index (χ1) is 15.6. The highest BCUT2D eigenvalue weighted by molar-refractivity contribution is 5.79. The quantitative estimate of drug-likeness (QED) is 0.408. The Kier molecular flexibility index (Phi) is 9.13. The molecule has 1 atom stereocenters. The van der Waals surface area contributed by atoms with Gasteiger partial charge in [0.1, 0.15) is 5.82 Å². The Balaban J connectivity index is 1.65. The summed E-state index contributed by atoms with van der Waals surface area (Å²) in [4.78, 5) is 7.16. The van der Waals surface area contributed by atoms with Crippen molar-refractivity contribution in [3.63, 3.8) is 0 Å². The van der Waals surface area contributed by atoms with E-state index in [1.807, 2.05) is 31.2 Å². The summed E-state index contributed by atoms with van der Waals surface area (Å²) >= 11 is 0. The van der Waals surface area contributed by atoms with Gasteiger partial charge in [0.25, 0.3) is 0 Å². The number of aliphatic imine (C=N–C) groups is 1. The normalized spacial score (nSPS) is 15.9. The van der Waals surface area contributed by atoms with Crippen molar-refractivity contribution in [3.05, 3.63) is 59.4 Å². The smallest absolute Gasteiger partial charge is 0.191 e. The minimum Gasteiger partial charge on any atom is -0.504 e. The zero-order chi connectivity index (χ0) is 22.8. The summed E-state index contributed by atoms with van der Waals surface area (Å²) in [6, 6.07) is 12.1. The summed E-state index contributed by atoms with van der Waals surface area (Å²) < 4.78 is 24.1. The molecule has 32 heavy (non-hydrogen) atoms. The Morgan fingerprint density at radius 2 is 1.94 bits per heavy atom. The van der Waals surface area contributed by atoms with Gasteiger partial charge < -0.3 is 25.2 Å². The van der Waals surface area contributed by atoms with E-state index in [9.17, 15) is 9.50 Å². The van der Waals surface area contributed by atoms with Crippen LogP contribution in [0.15, 0.2) is 47.5 Å². The van der Waals surface area contributed by atoms with Gasteiger partial charge in [0, 0.05) is 26.2 Å². The molecule has 1 fully saturated rings. The number of phenols is 1. The van der Waals surface area contributed by atoms with Crippen LogP contribution in [-0.4, -0.2) is 69.0 Å². The van der Waals surface area contributed by atoms with E-state index in [1.165, 1.54) is 12.1 Å². The van der Waals surface area contributed by atoms with Crippen LogP contribution in [0.4, 0.5) is 4.39 Å². The maximum Gasteiger partial charge on any atom is 0.191 e. The fourth-order valence-electron chi connectivity index (χ4n) is 3.73. The zero-order valence-electron chi connectivity index (χ0n) is 18.8. The molecule has 1 aliphatic rings. The van der Waals surface area contributed by atoms with Gasteiger partial charge in [-0.05, 0) is 48.7 Å². The van der Waals surface area contributed by atoms with Crippen LogP contribution < -0.4 is 15.4 Å². The van der Waals surface area contributed by atoms with Crippen LogP contribution in [0.2, 0.25) is 0 Å². The highest BCUT2D eigenvalue weighted by Gasteiger charge is 2.22. The van der Waals surface area contributed by atoms with Gasteiger partial charge in [-0.2, -0.15) is 0 Å². The van der Waals surface area contributed by atoms with Crippen molar-refractivity contribution in [2.24, 2.45) is 4.99 Å². The fourth-order valence-corrected chi connectivity index (χ4v) is 3.73. The molecule has 0 aliphatic carbocycles. The third kappa shape index (κ3) is 6.83. The van der Waals surface area contributed by atoms with Gasteiger partial charge in [0.2, 0.25) is 0 Å². The molecule has 3 rings (SSSR count). The van der Waals surface area contributed by atoms with Crippen molar-refractivity contribution in [1.82, 2.24) is 15.5 Å². The van der Waals surface area contributed by atoms with Gasteiger partial charge in [-0.15, -0.1) is 0 Å². The topological polar surface area (TPSA) is 78.4 Å². The van der Waals surface area contributed by atoms with E-state index < -0.39 is 0 Å². The summed E-state index contributed by atoms with van der Waals surface area (Å²) in [5.41, 5.74) is 2.10. The number of nitrogens with one attached hydrogen (secondary N) is 2. The van der Waals surface area contributed by atoms with E-state index in [0.29, 0.717) is 32.1 Å². The van der Waals surface area contributed by atoms with Crippen LogP contribution in [0.1, 0.15) is 24.1 Å². The van der Waals surface area contributed by atoms with Gasteiger partial charge in [-0.25, -0.2) is 4.39 Å². The van der Waals surface area contributed by atoms with Gasteiger partial charge in [0.15, 0.2) is 17.5 Å². The molecule has 1 saturated heterocycles. The number of rotatable bonds is 9. The number of morpholine rings is 1. The first kappa shape index (κ1) is 23.8. The van der Waals surface area contributed by atoms with Gasteiger partial charge in [-0.1, -0.05) is 18.2 Å². The van der Waals surface area contributed by atoms with E-state index in [-0.39, 0.29) is 17.6 Å². The first-order valence-corrected chi connectivity index (χ1v) is 11.1. The second-order valence-corrected chi connectivity index (χ2v) is 7.62. The number of halogens is 1. The van der Waals surface area contributed by atoms with Crippen molar-refractivity contribution >= 4 is 5.96 Å². The number of aromatic hydroxyl groups is 1. The maximum absolute atomic E-state index is 13.5. The number of phenolic OH excluding ortho intramolecular Hbond substituents is 1. The lowest BCUT2D eigenvalue weighted by Crippen LogP contribution is -2.42. The van der Waals surface area contributed by atoms with Crippen molar-refractivity contribution in [2.45, 2.75) is 19.4 Å². The number of guanidine groups is 1. The molecular formula is C24H33FN4O3. The zero-order valence-corrected chi connectivity index (χ0v) is 18.8. The van der Waals surface area contributed by atoms with Gasteiger partial charge >= 0.3 is 0 Å². The number of ether oxygens (including phenoxy) is 2. The van der Waals surface area contributed by atoms with Crippen molar-refractivity contribution < 1.29 is 19.0 Å². The molecule has 7 nitrogen and oxygen atoms in total. The average Bonchev–Trinajstić information content (AvgIpc) is 2.82. The molecule has 1 aliphatic heterocycles. The summed E-state index contributed by atoms with van der Waals surface area (Å²) in [6.07, 6.45) is 0.756. The molecule has 0 spiro atoms. The summed E-state index contributed by atoms with van der Waals surface area (Å²) in [6.45, 7) is 7.03. The Morgan fingerprint density at radius 3 is 2.62 bits per heavy atom. The number of nitrogens with zero attached hydrogens (tertiary/aromatic N) is 2. The van der Waals surface area contributed by atoms with E-state index in [2.05, 4.69) is 15.5 Å². The van der Waals surface area contributed by atoms with E-state index >= 15 is 0 Å². The van der Waals surface area contributed by atoms with Crippen molar-refractivity contribution in [2.75, 3.05) is 53.0 Å². The number of hydrogen-bond donors (Lipinski definition) is 3. The van der Waals surface area contributed by atoms with E-state index in [0.717, 1.165) is 43.1 Å². The van der Waals surface area contributed by atoms with Crippen LogP contribution in [0.25, 0.3) is 0 Å². The Hall–Kier alpha value is -2.84. The minimum atomic E-state index is -0.237. The summed E-state index contributed by atoms with van der Waals surface area (Å²) in [7, 11) is 1.54. The molecule has 1 unspecified atom stereocenters. The number of benzene rings is 2. The van der Waals surface area contributed by atoms with E-state index in [4.69, 9.17) is 14.5 Å². The fraction of sp³-hybridized carbons (Fsp3) is 0.458. The lowest BCUT2D eigenvalue weighted by molar-refractivity contribution is 0.0179. The highest BCUT2D eigenvalue weighted by atomic mass is 19.1. The van der Waals surface area contributed by atoms with Crippen LogP contribution >= 0.6 is 0 Å². The lowest BCUT2D eigenvalue weighted by atomic mass is 10.0. The molecule has 174 valence electrons. The monoisotopic (exact) mass is 444 g/mol. The largest absolute Gasteiger partial charge is 0.504 e. The molecule has 3 N–H and O–H groups in total. The molecule has 0 saturated carbocycles. The highest BCUT2D eigenvalue weighted by Crippen LogP contribution is 2.26. The molecule has 1 heterocycles. The molecule has 2 aromatic carbocycles. The third-order valence-electron chi connectivity index (χ3n) is 5.46. The van der Waals surface area contributed by atoms with Crippen LogP contribution in [0.5, 0.6) is 11.5 Å². The Labute approximate surface area is 189 Å². The molecule has 0 radical (unpaired) electrons. The SMILES string of the molecule is CCNC(=NCC(c1ccc(F)cc1)N1CCOCC1)NCCc1ccc(O)c(OC)c1. The van der Waals surface area contributed by atoms with E-state index in [1.54, 1.807) is 13.2 Å². The third-order valence-corrected chi connectivity index (χ3v) is 5.46. The Morgan fingerprint density at radius 1 is 1.19 bits per heavy atom. The van der Waals surface area contributed by atoms with Crippen molar-refractivity contribution in [1.29, 1.82) is 0 Å². The predicted molar refractivity (Wildman–Crippen MR) is 124 cm³/mol. The van der Waals surface area contributed by atoms with Gasteiger partial charge in [-0.3, -0.25) is 9.89 Å². The number of hydrogen-bond acceptors (Lipinski definition) is 5. The van der Waals surface area contributed by atoms with Crippen LogP contribution in [0.3, 0.4) is 0 Å². The first-order valence-electron chi connectivity index (χ1n) is 11.1. The summed E-state index contributed by atoms with van der Waals surface area (Å²) in [5, 5.41) is 16.4. The second kappa shape index (κ2) is 12.3. The van der Waals surface area contributed by atoms with Crippen LogP contribution in [0, 0.1) is 5.82 Å². The summed E-state index contributed by atoms with van der Waals surface area (Å²) in [5.74, 6) is 1.10. The van der Waals surface area contributed by atoms with Gasteiger partial charge in [0.05, 0.1) is 32.9 Å². The minimum absolute atomic E-state index is 0.0521. The predicted octanol–water partition coefficient (Wildman–Crippen LogP) is 2.71. The molecule has 0 bridgehead atoms. The van der Waals surface area contributed by atoms with Crippen molar-refractivity contribution in [3.8, 4) is 11.5 Å². The average molecular weight is 445 g/mol. The van der Waals surface area contributed by atoms with Crippen LogP contribution in [-0.2, 0) is 11.2 Å².